The van der Waals surface area contributed by atoms with Gasteiger partial charge in [-0.15, -0.1) is 0 Å². The summed E-state index contributed by atoms with van der Waals surface area (Å²) in [5.74, 6) is 0.184. The van der Waals surface area contributed by atoms with Crippen LogP contribution in [-0.4, -0.2) is 17.5 Å². The number of hydrogen-bond acceptors (Lipinski definition) is 2. The van der Waals surface area contributed by atoms with Crippen LogP contribution in [0.5, 0.6) is 5.75 Å². The van der Waals surface area contributed by atoms with Crippen molar-refractivity contribution in [2.24, 2.45) is 0 Å². The van der Waals surface area contributed by atoms with E-state index in [1.54, 1.807) is 12.1 Å². The molecule has 0 saturated carbocycles. The average molecular weight is 283 g/mol. The molecule has 0 unspecified atom stereocenters. The number of para-hydroxylation sites is 1. The van der Waals surface area contributed by atoms with E-state index in [1.165, 1.54) is 12.1 Å². The molecule has 0 N–H and O–H groups in total. The van der Waals surface area contributed by atoms with Crippen LogP contribution in [0.25, 0.3) is 10.9 Å². The summed E-state index contributed by atoms with van der Waals surface area (Å²) in [4.78, 5) is 11.1. The highest BCUT2D eigenvalue weighted by Gasteiger charge is 2.07. The van der Waals surface area contributed by atoms with Crippen LogP contribution in [0.2, 0.25) is 0 Å². The van der Waals surface area contributed by atoms with Crippen LogP contribution in [0, 0.1) is 5.82 Å². The van der Waals surface area contributed by atoms with E-state index in [9.17, 15) is 9.18 Å². The third-order valence-corrected chi connectivity index (χ3v) is 3.34. The maximum absolute atomic E-state index is 13.1. The molecule has 0 saturated heterocycles. The zero-order valence-corrected chi connectivity index (χ0v) is 11.3. The summed E-state index contributed by atoms with van der Waals surface area (Å²) < 4.78 is 20.6. The zero-order chi connectivity index (χ0) is 14.7. The van der Waals surface area contributed by atoms with Gasteiger partial charge in [0.15, 0.2) is 6.29 Å². The van der Waals surface area contributed by atoms with Crippen molar-refractivity contribution < 1.29 is 13.9 Å². The van der Waals surface area contributed by atoms with Crippen LogP contribution < -0.4 is 4.74 Å². The first-order chi connectivity index (χ1) is 10.3. The molecule has 1 heterocycles. The minimum Gasteiger partial charge on any atom is -0.492 e. The normalized spacial score (nSPS) is 10.7. The van der Waals surface area contributed by atoms with Gasteiger partial charge < -0.3 is 9.30 Å². The Morgan fingerprint density at radius 2 is 2.00 bits per heavy atom. The highest BCUT2D eigenvalue weighted by atomic mass is 19.1. The Bertz CT molecular complexity index is 779. The van der Waals surface area contributed by atoms with E-state index in [4.69, 9.17) is 4.74 Å². The fourth-order valence-electron chi connectivity index (χ4n) is 2.37. The molecule has 3 aromatic rings. The molecule has 0 bridgehead atoms. The number of rotatable bonds is 5. The molecule has 0 aliphatic heterocycles. The summed E-state index contributed by atoms with van der Waals surface area (Å²) in [6, 6.07) is 13.8. The Hall–Kier alpha value is -2.62. The van der Waals surface area contributed by atoms with Gasteiger partial charge in [0.1, 0.15) is 18.2 Å². The molecule has 0 radical (unpaired) electrons. The van der Waals surface area contributed by atoms with Crippen LogP contribution in [0.1, 0.15) is 10.4 Å². The van der Waals surface area contributed by atoms with Crippen LogP contribution in [-0.2, 0) is 6.54 Å². The SMILES string of the molecule is O=Cc1cn(CCOc2cccc(F)c2)c2ccccc12. The van der Waals surface area contributed by atoms with Crippen molar-refractivity contribution in [2.45, 2.75) is 6.54 Å². The lowest BCUT2D eigenvalue weighted by atomic mass is 10.2. The van der Waals surface area contributed by atoms with Gasteiger partial charge in [-0.1, -0.05) is 24.3 Å². The minimum absolute atomic E-state index is 0.317. The molecule has 0 amide bonds. The van der Waals surface area contributed by atoms with Gasteiger partial charge in [-0.3, -0.25) is 4.79 Å². The molecule has 2 aromatic carbocycles. The number of benzene rings is 2. The maximum atomic E-state index is 13.1. The van der Waals surface area contributed by atoms with E-state index >= 15 is 0 Å². The molecule has 1 aromatic heterocycles. The number of carbonyl (C=O) groups is 1. The second kappa shape index (κ2) is 5.79. The first-order valence-electron chi connectivity index (χ1n) is 6.69. The molecule has 0 aliphatic rings. The third kappa shape index (κ3) is 2.79. The van der Waals surface area contributed by atoms with Crippen LogP contribution in [0.3, 0.4) is 0 Å². The van der Waals surface area contributed by atoms with Gasteiger partial charge in [-0.25, -0.2) is 4.39 Å². The van der Waals surface area contributed by atoms with Gasteiger partial charge >= 0.3 is 0 Å². The first kappa shape index (κ1) is 13.4. The topological polar surface area (TPSA) is 31.2 Å². The van der Waals surface area contributed by atoms with Crippen molar-refractivity contribution in [3.8, 4) is 5.75 Å². The smallest absolute Gasteiger partial charge is 0.152 e. The summed E-state index contributed by atoms with van der Waals surface area (Å²) in [7, 11) is 0. The number of nitrogens with zero attached hydrogens (tertiary/aromatic N) is 1. The quantitative estimate of drug-likeness (QED) is 0.669. The molecule has 0 spiro atoms. The van der Waals surface area contributed by atoms with E-state index in [0.29, 0.717) is 24.5 Å². The zero-order valence-electron chi connectivity index (χ0n) is 11.3. The van der Waals surface area contributed by atoms with Gasteiger partial charge in [0.25, 0.3) is 0 Å². The summed E-state index contributed by atoms with van der Waals surface area (Å²) in [5.41, 5.74) is 1.65. The number of aldehydes is 1. The molecule has 106 valence electrons. The molecule has 3 rings (SSSR count). The highest BCUT2D eigenvalue weighted by molar-refractivity contribution is 5.97. The Labute approximate surface area is 121 Å². The lowest BCUT2D eigenvalue weighted by molar-refractivity contribution is 0.112. The molecular weight excluding hydrogens is 269 g/mol. The van der Waals surface area contributed by atoms with Crippen molar-refractivity contribution >= 4 is 17.2 Å². The lowest BCUT2D eigenvalue weighted by Crippen LogP contribution is -2.07. The minimum atomic E-state index is -0.317. The summed E-state index contributed by atoms with van der Waals surface area (Å²) in [6.45, 7) is 0.991. The second-order valence-electron chi connectivity index (χ2n) is 4.72. The fraction of sp³-hybridized carbons (Fsp3) is 0.118. The van der Waals surface area contributed by atoms with E-state index in [2.05, 4.69) is 0 Å². The predicted octanol–water partition coefficient (Wildman–Crippen LogP) is 3.67. The average Bonchev–Trinajstić information content (AvgIpc) is 2.86. The Morgan fingerprint density at radius 1 is 1.14 bits per heavy atom. The van der Waals surface area contributed by atoms with Crippen molar-refractivity contribution in [3.05, 3.63) is 66.1 Å². The standard InChI is InChI=1S/C17H14FNO2/c18-14-4-3-5-15(10-14)21-9-8-19-11-13(12-20)16-6-1-2-7-17(16)19/h1-7,10-12H,8-9H2. The van der Waals surface area contributed by atoms with E-state index in [-0.39, 0.29) is 5.82 Å². The second-order valence-corrected chi connectivity index (χ2v) is 4.72. The van der Waals surface area contributed by atoms with Gasteiger partial charge in [0, 0.05) is 28.7 Å². The molecule has 0 aliphatic carbocycles. The van der Waals surface area contributed by atoms with Crippen molar-refractivity contribution in [1.82, 2.24) is 4.57 Å². The number of aromatic nitrogens is 1. The Balaban J connectivity index is 1.75. The first-order valence-corrected chi connectivity index (χ1v) is 6.69. The van der Waals surface area contributed by atoms with E-state index in [1.807, 2.05) is 35.0 Å². The number of ether oxygens (including phenoxy) is 1. The molecule has 21 heavy (non-hydrogen) atoms. The molecular formula is C17H14FNO2. The van der Waals surface area contributed by atoms with Crippen molar-refractivity contribution in [1.29, 1.82) is 0 Å². The van der Waals surface area contributed by atoms with Crippen LogP contribution >= 0.6 is 0 Å². The Morgan fingerprint density at radius 3 is 2.81 bits per heavy atom. The molecule has 0 fully saturated rings. The van der Waals surface area contributed by atoms with E-state index in [0.717, 1.165) is 17.2 Å². The van der Waals surface area contributed by atoms with Crippen molar-refractivity contribution in [2.75, 3.05) is 6.61 Å². The van der Waals surface area contributed by atoms with Gasteiger partial charge in [-0.05, 0) is 18.2 Å². The maximum Gasteiger partial charge on any atom is 0.152 e. The molecule has 4 heteroatoms. The number of carbonyl (C=O) groups excluding carboxylic acids is 1. The lowest BCUT2D eigenvalue weighted by Gasteiger charge is -2.08. The number of halogens is 1. The van der Waals surface area contributed by atoms with Crippen molar-refractivity contribution in [3.63, 3.8) is 0 Å². The highest BCUT2D eigenvalue weighted by Crippen LogP contribution is 2.20. The summed E-state index contributed by atoms with van der Waals surface area (Å²) in [5, 5.41) is 0.929. The Kier molecular flexibility index (Phi) is 3.69. The fourth-order valence-corrected chi connectivity index (χ4v) is 2.37. The summed E-state index contributed by atoms with van der Waals surface area (Å²) in [6.07, 6.45) is 2.67. The molecule has 3 nitrogen and oxygen atoms in total. The van der Waals surface area contributed by atoms with Gasteiger partial charge in [0.2, 0.25) is 0 Å². The van der Waals surface area contributed by atoms with Gasteiger partial charge in [0.05, 0.1) is 6.54 Å². The van der Waals surface area contributed by atoms with E-state index < -0.39 is 0 Å². The largest absolute Gasteiger partial charge is 0.492 e. The number of fused-ring (bicyclic) bond motifs is 1. The monoisotopic (exact) mass is 283 g/mol. The molecule has 0 atom stereocenters. The van der Waals surface area contributed by atoms with Crippen LogP contribution in [0.4, 0.5) is 4.39 Å². The number of hydrogen-bond donors (Lipinski definition) is 0. The van der Waals surface area contributed by atoms with Crippen LogP contribution in [0.15, 0.2) is 54.7 Å². The summed E-state index contributed by atoms with van der Waals surface area (Å²) >= 11 is 0. The third-order valence-electron chi connectivity index (χ3n) is 3.34. The van der Waals surface area contributed by atoms with Gasteiger partial charge in [-0.2, -0.15) is 0 Å². The predicted molar refractivity (Wildman–Crippen MR) is 79.2 cm³/mol.